The Hall–Kier alpha value is -2.36. The maximum atomic E-state index is 4.29. The largest absolute Gasteiger partial charge is 0.380 e. The second kappa shape index (κ2) is 4.49. The number of hydrogen-bond donors (Lipinski definition) is 2. The number of pyridine rings is 1. The fraction of sp³-hybridized carbons (Fsp3) is 0.143. The standard InChI is InChI=1S/C14H14N4/c1-10-5-6-11(7-15-10)8-16-13-3-2-4-14-12(13)9-17-18-14/h2-7,9,16H,8H2,1H3,(H,17,18). The highest BCUT2D eigenvalue weighted by molar-refractivity contribution is 5.90. The van der Waals surface area contributed by atoms with Crippen molar-refractivity contribution in [2.45, 2.75) is 13.5 Å². The number of H-pyrrole nitrogens is 1. The van der Waals surface area contributed by atoms with E-state index in [1.165, 1.54) is 5.56 Å². The minimum atomic E-state index is 0.761. The van der Waals surface area contributed by atoms with Gasteiger partial charge >= 0.3 is 0 Å². The van der Waals surface area contributed by atoms with Crippen LogP contribution in [0.1, 0.15) is 11.3 Å². The van der Waals surface area contributed by atoms with Gasteiger partial charge in [0, 0.05) is 29.5 Å². The van der Waals surface area contributed by atoms with Gasteiger partial charge in [0.15, 0.2) is 0 Å². The molecule has 0 radical (unpaired) electrons. The van der Waals surface area contributed by atoms with Crippen molar-refractivity contribution >= 4 is 16.6 Å². The van der Waals surface area contributed by atoms with E-state index in [0.717, 1.165) is 28.8 Å². The first kappa shape index (κ1) is 10.8. The van der Waals surface area contributed by atoms with Gasteiger partial charge in [0.2, 0.25) is 0 Å². The molecule has 2 N–H and O–H groups in total. The minimum absolute atomic E-state index is 0.761. The molecule has 18 heavy (non-hydrogen) atoms. The lowest BCUT2D eigenvalue weighted by Crippen LogP contribution is -2.00. The van der Waals surface area contributed by atoms with E-state index in [9.17, 15) is 0 Å². The van der Waals surface area contributed by atoms with Gasteiger partial charge in [0.05, 0.1) is 11.7 Å². The third kappa shape index (κ3) is 2.05. The summed E-state index contributed by atoms with van der Waals surface area (Å²) < 4.78 is 0. The van der Waals surface area contributed by atoms with Crippen LogP contribution in [0, 0.1) is 6.92 Å². The quantitative estimate of drug-likeness (QED) is 0.737. The maximum Gasteiger partial charge on any atom is 0.0671 e. The number of anilines is 1. The summed E-state index contributed by atoms with van der Waals surface area (Å²) in [5, 5.41) is 11.5. The van der Waals surface area contributed by atoms with Crippen LogP contribution in [0.25, 0.3) is 10.9 Å². The first-order valence-corrected chi connectivity index (χ1v) is 5.90. The molecule has 2 aromatic heterocycles. The van der Waals surface area contributed by atoms with E-state index in [4.69, 9.17) is 0 Å². The molecule has 3 rings (SSSR count). The highest BCUT2D eigenvalue weighted by Gasteiger charge is 2.01. The van der Waals surface area contributed by atoms with Crippen molar-refractivity contribution < 1.29 is 0 Å². The molecule has 2 heterocycles. The summed E-state index contributed by atoms with van der Waals surface area (Å²) in [6, 6.07) is 10.2. The molecule has 0 aliphatic heterocycles. The SMILES string of the molecule is Cc1ccc(CNc2cccc3[nH]ncc23)cn1. The average molecular weight is 238 g/mol. The van der Waals surface area contributed by atoms with E-state index in [-0.39, 0.29) is 0 Å². The van der Waals surface area contributed by atoms with E-state index < -0.39 is 0 Å². The first-order valence-electron chi connectivity index (χ1n) is 5.90. The van der Waals surface area contributed by atoms with Crippen molar-refractivity contribution in [2.24, 2.45) is 0 Å². The molecule has 0 saturated carbocycles. The second-order valence-electron chi connectivity index (χ2n) is 4.30. The predicted molar refractivity (Wildman–Crippen MR) is 72.4 cm³/mol. The molecular weight excluding hydrogens is 224 g/mol. The van der Waals surface area contributed by atoms with Crippen LogP contribution >= 0.6 is 0 Å². The summed E-state index contributed by atoms with van der Waals surface area (Å²) in [7, 11) is 0. The molecule has 4 nitrogen and oxygen atoms in total. The van der Waals surface area contributed by atoms with Gasteiger partial charge in [-0.25, -0.2) is 0 Å². The lowest BCUT2D eigenvalue weighted by molar-refractivity contribution is 1.09. The van der Waals surface area contributed by atoms with Crippen LogP contribution in [0.2, 0.25) is 0 Å². The molecule has 0 saturated heterocycles. The minimum Gasteiger partial charge on any atom is -0.380 e. The Morgan fingerprint density at radius 1 is 1.17 bits per heavy atom. The van der Waals surface area contributed by atoms with Crippen molar-refractivity contribution in [3.8, 4) is 0 Å². The first-order chi connectivity index (χ1) is 8.83. The predicted octanol–water partition coefficient (Wildman–Crippen LogP) is 2.88. The van der Waals surface area contributed by atoms with Crippen LogP contribution in [-0.2, 0) is 6.54 Å². The number of aromatic amines is 1. The molecule has 90 valence electrons. The van der Waals surface area contributed by atoms with E-state index in [1.807, 2.05) is 37.5 Å². The van der Waals surface area contributed by atoms with Crippen LogP contribution in [0.15, 0.2) is 42.7 Å². The van der Waals surface area contributed by atoms with Gasteiger partial charge in [-0.15, -0.1) is 0 Å². The molecule has 0 amide bonds. The molecule has 0 atom stereocenters. The fourth-order valence-electron chi connectivity index (χ4n) is 1.92. The van der Waals surface area contributed by atoms with E-state index in [2.05, 4.69) is 32.6 Å². The molecule has 0 spiro atoms. The van der Waals surface area contributed by atoms with Crippen molar-refractivity contribution in [3.05, 3.63) is 54.0 Å². The molecular formula is C14H14N4. The second-order valence-corrected chi connectivity index (χ2v) is 4.30. The summed E-state index contributed by atoms with van der Waals surface area (Å²) in [4.78, 5) is 4.29. The topological polar surface area (TPSA) is 53.6 Å². The number of aryl methyl sites for hydroxylation is 1. The molecule has 0 bridgehead atoms. The molecule has 4 heteroatoms. The Kier molecular flexibility index (Phi) is 2.68. The van der Waals surface area contributed by atoms with Gasteiger partial charge < -0.3 is 5.32 Å². The Labute approximate surface area is 105 Å². The lowest BCUT2D eigenvalue weighted by atomic mass is 10.2. The smallest absolute Gasteiger partial charge is 0.0671 e. The molecule has 0 aliphatic carbocycles. The number of nitrogens with one attached hydrogen (secondary N) is 2. The number of hydrogen-bond acceptors (Lipinski definition) is 3. The number of fused-ring (bicyclic) bond motifs is 1. The fourth-order valence-corrected chi connectivity index (χ4v) is 1.92. The molecule has 0 unspecified atom stereocenters. The number of rotatable bonds is 3. The zero-order chi connectivity index (χ0) is 12.4. The molecule has 0 fully saturated rings. The van der Waals surface area contributed by atoms with Crippen molar-refractivity contribution in [1.82, 2.24) is 15.2 Å². The average Bonchev–Trinajstić information content (AvgIpc) is 2.87. The Morgan fingerprint density at radius 2 is 2.11 bits per heavy atom. The third-order valence-corrected chi connectivity index (χ3v) is 2.94. The van der Waals surface area contributed by atoms with Gasteiger partial charge in [-0.1, -0.05) is 12.1 Å². The Morgan fingerprint density at radius 3 is 2.94 bits per heavy atom. The third-order valence-electron chi connectivity index (χ3n) is 2.94. The van der Waals surface area contributed by atoms with Crippen LogP contribution in [0.5, 0.6) is 0 Å². The number of benzene rings is 1. The summed E-state index contributed by atoms with van der Waals surface area (Å²) in [6.45, 7) is 2.75. The normalized spacial score (nSPS) is 10.7. The van der Waals surface area contributed by atoms with Crippen LogP contribution in [-0.4, -0.2) is 15.2 Å². The Balaban J connectivity index is 1.80. The lowest BCUT2D eigenvalue weighted by Gasteiger charge is -2.07. The molecule has 3 aromatic rings. The van der Waals surface area contributed by atoms with Gasteiger partial charge in [0.25, 0.3) is 0 Å². The number of aromatic nitrogens is 3. The van der Waals surface area contributed by atoms with Gasteiger partial charge in [-0.3, -0.25) is 10.1 Å². The van der Waals surface area contributed by atoms with E-state index in [1.54, 1.807) is 0 Å². The number of nitrogens with zero attached hydrogens (tertiary/aromatic N) is 2. The van der Waals surface area contributed by atoms with E-state index >= 15 is 0 Å². The van der Waals surface area contributed by atoms with Crippen LogP contribution in [0.3, 0.4) is 0 Å². The van der Waals surface area contributed by atoms with Crippen molar-refractivity contribution in [3.63, 3.8) is 0 Å². The highest BCUT2D eigenvalue weighted by atomic mass is 15.1. The monoisotopic (exact) mass is 238 g/mol. The summed E-state index contributed by atoms with van der Waals surface area (Å²) in [5.74, 6) is 0. The maximum absolute atomic E-state index is 4.29. The van der Waals surface area contributed by atoms with Gasteiger partial charge in [0.1, 0.15) is 0 Å². The highest BCUT2D eigenvalue weighted by Crippen LogP contribution is 2.21. The van der Waals surface area contributed by atoms with Crippen molar-refractivity contribution in [1.29, 1.82) is 0 Å². The zero-order valence-corrected chi connectivity index (χ0v) is 10.1. The Bertz CT molecular complexity index is 655. The van der Waals surface area contributed by atoms with Crippen LogP contribution in [0.4, 0.5) is 5.69 Å². The summed E-state index contributed by atoms with van der Waals surface area (Å²) >= 11 is 0. The van der Waals surface area contributed by atoms with E-state index in [0.29, 0.717) is 0 Å². The zero-order valence-electron chi connectivity index (χ0n) is 10.1. The van der Waals surface area contributed by atoms with Crippen LogP contribution < -0.4 is 5.32 Å². The summed E-state index contributed by atoms with van der Waals surface area (Å²) in [6.07, 6.45) is 3.74. The summed E-state index contributed by atoms with van der Waals surface area (Å²) in [5.41, 5.74) is 4.33. The van der Waals surface area contributed by atoms with Gasteiger partial charge in [-0.2, -0.15) is 5.10 Å². The van der Waals surface area contributed by atoms with Gasteiger partial charge in [-0.05, 0) is 30.7 Å². The molecule has 1 aromatic carbocycles. The molecule has 0 aliphatic rings. The van der Waals surface area contributed by atoms with Crippen molar-refractivity contribution in [2.75, 3.05) is 5.32 Å².